The van der Waals surface area contributed by atoms with Gasteiger partial charge in [0, 0.05) is 22.7 Å². The monoisotopic (exact) mass is 460 g/mol. The maximum absolute atomic E-state index is 6.40. The number of halogens is 1. The van der Waals surface area contributed by atoms with Crippen molar-refractivity contribution < 1.29 is 0 Å². The lowest BCUT2D eigenvalue weighted by Gasteiger charge is -2.18. The molecule has 162 valence electrons. The van der Waals surface area contributed by atoms with Crippen molar-refractivity contribution in [2.24, 2.45) is 0 Å². The van der Waals surface area contributed by atoms with Crippen molar-refractivity contribution in [3.63, 3.8) is 0 Å². The summed E-state index contributed by atoms with van der Waals surface area (Å²) < 4.78 is 4.03. The maximum Gasteiger partial charge on any atom is 0.138 e. The average molecular weight is 461 g/mol. The Hall–Kier alpha value is -2.40. The zero-order valence-electron chi connectivity index (χ0n) is 18.6. The number of hydrogen-bond donors (Lipinski definition) is 1. The second-order valence-corrected chi connectivity index (χ2v) is 11.6. The number of hydrogen-bond acceptors (Lipinski definition) is 3. The number of aromatic nitrogens is 2. The predicted molar refractivity (Wildman–Crippen MR) is 138 cm³/mol. The van der Waals surface area contributed by atoms with E-state index in [0.29, 0.717) is 5.15 Å². The minimum atomic E-state index is 0.117. The average Bonchev–Trinajstić information content (AvgIpc) is 3.59. The molecule has 0 bridgehead atoms. The second kappa shape index (κ2) is 8.18. The molecule has 0 spiro atoms. The number of nitrogens with zero attached hydrogens (tertiary/aromatic N) is 2. The van der Waals surface area contributed by atoms with Gasteiger partial charge < -0.3 is 0 Å². The van der Waals surface area contributed by atoms with Crippen molar-refractivity contribution in [3.05, 3.63) is 83.6 Å². The number of nitrogens with one attached hydrogen (secondary N) is 1. The fraction of sp³-hybridized carbons (Fsp3) is 0.259. The molecule has 1 N–H and O–H groups in total. The van der Waals surface area contributed by atoms with E-state index in [1.807, 2.05) is 24.3 Å². The molecule has 4 aromatic rings. The Morgan fingerprint density at radius 2 is 1.66 bits per heavy atom. The molecule has 5 heteroatoms. The zero-order chi connectivity index (χ0) is 22.3. The molecule has 0 amide bonds. The Kier molecular flexibility index (Phi) is 5.48. The summed E-state index contributed by atoms with van der Waals surface area (Å²) in [7, 11) is 0. The van der Waals surface area contributed by atoms with Gasteiger partial charge in [0.05, 0.1) is 28.7 Å². The standard InChI is InChI=1S/C27H26ClN3S/c1-26(2,3)32-31-27(14-15-27)20-11-9-19(10-12-20)24-21(18-7-5-4-6-8-18)17-22-23(30-24)13-16-29-25(22)28/h4-13,16-17,31H,14-15H2,1-3H3/p+1. The highest BCUT2D eigenvalue weighted by Crippen LogP contribution is 2.46. The van der Waals surface area contributed by atoms with Gasteiger partial charge in [0.1, 0.15) is 9.90 Å². The maximum atomic E-state index is 6.40. The van der Waals surface area contributed by atoms with Crippen LogP contribution in [0.2, 0.25) is 5.15 Å². The fourth-order valence-corrected chi connectivity index (χ4v) is 5.04. The molecule has 1 saturated carbocycles. The van der Waals surface area contributed by atoms with E-state index in [0.717, 1.165) is 33.3 Å². The van der Waals surface area contributed by atoms with Crippen LogP contribution in [0.25, 0.3) is 33.3 Å². The van der Waals surface area contributed by atoms with Crippen LogP contribution in [0.5, 0.6) is 0 Å². The first-order valence-corrected chi connectivity index (χ1v) is 12.2. The minimum absolute atomic E-state index is 0.117. The van der Waals surface area contributed by atoms with Crippen LogP contribution >= 0.6 is 11.6 Å². The molecular formula is C27H27ClN3S+. The third kappa shape index (κ3) is 4.27. The van der Waals surface area contributed by atoms with E-state index in [4.69, 9.17) is 16.6 Å². The summed E-state index contributed by atoms with van der Waals surface area (Å²) in [6.45, 7) is 6.79. The minimum Gasteiger partial charge on any atom is -0.247 e. The highest BCUT2D eigenvalue weighted by molar-refractivity contribution is 7.78. The first-order valence-electron chi connectivity index (χ1n) is 11.0. The van der Waals surface area contributed by atoms with Gasteiger partial charge in [0.15, 0.2) is 0 Å². The van der Waals surface area contributed by atoms with Crippen LogP contribution in [-0.2, 0) is 17.5 Å². The molecule has 1 aliphatic carbocycles. The largest absolute Gasteiger partial charge is 0.247 e. The van der Waals surface area contributed by atoms with E-state index in [9.17, 15) is 0 Å². The van der Waals surface area contributed by atoms with Gasteiger partial charge >= 0.3 is 0 Å². The van der Waals surface area contributed by atoms with Gasteiger partial charge in [0.2, 0.25) is 0 Å². The van der Waals surface area contributed by atoms with Crippen LogP contribution in [0.15, 0.2) is 72.9 Å². The molecule has 1 aliphatic rings. The van der Waals surface area contributed by atoms with Crippen molar-refractivity contribution in [2.75, 3.05) is 0 Å². The van der Waals surface area contributed by atoms with Gasteiger partial charge in [-0.1, -0.05) is 66.2 Å². The summed E-state index contributed by atoms with van der Waals surface area (Å²) in [6.07, 6.45) is 4.08. The van der Waals surface area contributed by atoms with Crippen molar-refractivity contribution in [2.45, 2.75) is 43.9 Å². The lowest BCUT2D eigenvalue weighted by atomic mass is 9.96. The highest BCUT2D eigenvalue weighted by atomic mass is 35.5. The Morgan fingerprint density at radius 1 is 0.938 bits per heavy atom. The van der Waals surface area contributed by atoms with Gasteiger partial charge in [0.25, 0.3) is 0 Å². The van der Waals surface area contributed by atoms with Crippen LogP contribution in [-0.4, -0.2) is 14.7 Å². The Labute approximate surface area is 198 Å². The summed E-state index contributed by atoms with van der Waals surface area (Å²) in [5, 5.41) is 1.35. The Balaban J connectivity index is 1.56. The molecule has 0 aliphatic heterocycles. The Bertz CT molecular complexity index is 1260. The quantitative estimate of drug-likeness (QED) is 0.204. The van der Waals surface area contributed by atoms with Crippen LogP contribution in [0.1, 0.15) is 39.2 Å². The first-order chi connectivity index (χ1) is 15.3. The Morgan fingerprint density at radius 3 is 2.31 bits per heavy atom. The van der Waals surface area contributed by atoms with E-state index in [-0.39, 0.29) is 10.3 Å². The summed E-state index contributed by atoms with van der Waals surface area (Å²) in [4.78, 5) is 9.26. The molecule has 2 aromatic carbocycles. The SMILES string of the molecule is CC(C)(C)[SH+]NC1(c2ccc(-c3nc4ccnc(Cl)c4cc3-c3ccccc3)cc2)CC1. The number of benzene rings is 2. The van der Waals surface area contributed by atoms with Crippen molar-refractivity contribution in [1.29, 1.82) is 0 Å². The molecule has 0 unspecified atom stereocenters. The van der Waals surface area contributed by atoms with E-state index in [1.165, 1.54) is 30.4 Å². The molecule has 1 fully saturated rings. The topological polar surface area (TPSA) is 37.8 Å². The third-order valence-corrected chi connectivity index (χ3v) is 7.36. The number of thiol groups is 1. The number of pyridine rings is 2. The second-order valence-electron chi connectivity index (χ2n) is 9.47. The van der Waals surface area contributed by atoms with Crippen molar-refractivity contribution in [1.82, 2.24) is 14.7 Å². The highest BCUT2D eigenvalue weighted by Gasteiger charge is 2.48. The molecule has 0 saturated heterocycles. The van der Waals surface area contributed by atoms with Gasteiger partial charge in [-0.25, -0.2) is 9.97 Å². The summed E-state index contributed by atoms with van der Waals surface area (Å²) in [5.74, 6) is 0. The molecule has 0 radical (unpaired) electrons. The molecular weight excluding hydrogens is 434 g/mol. The molecule has 2 aromatic heterocycles. The molecule has 32 heavy (non-hydrogen) atoms. The van der Waals surface area contributed by atoms with E-state index in [1.54, 1.807) is 6.20 Å². The zero-order valence-corrected chi connectivity index (χ0v) is 20.2. The van der Waals surface area contributed by atoms with Crippen molar-refractivity contribution >= 4 is 34.5 Å². The third-order valence-electron chi connectivity index (χ3n) is 5.85. The van der Waals surface area contributed by atoms with Crippen molar-refractivity contribution in [3.8, 4) is 22.4 Å². The smallest absolute Gasteiger partial charge is 0.138 e. The van der Waals surface area contributed by atoms with Gasteiger partial charge in [-0.15, -0.1) is 4.72 Å². The predicted octanol–water partition coefficient (Wildman–Crippen LogP) is 6.72. The summed E-state index contributed by atoms with van der Waals surface area (Å²) >= 11 is 7.67. The lowest BCUT2D eigenvalue weighted by Crippen LogP contribution is -2.35. The van der Waals surface area contributed by atoms with E-state index < -0.39 is 0 Å². The normalized spacial score (nSPS) is 15.1. The number of fused-ring (bicyclic) bond motifs is 1. The van der Waals surface area contributed by atoms with Crippen LogP contribution in [0.3, 0.4) is 0 Å². The number of rotatable bonds is 5. The van der Waals surface area contributed by atoms with Gasteiger partial charge in [-0.3, -0.25) is 0 Å². The van der Waals surface area contributed by atoms with Crippen LogP contribution in [0.4, 0.5) is 0 Å². The first kappa shape index (κ1) is 21.4. The lowest BCUT2D eigenvalue weighted by molar-refractivity contribution is 0.661. The molecule has 2 heterocycles. The molecule has 0 atom stereocenters. The molecule has 3 nitrogen and oxygen atoms in total. The van der Waals surface area contributed by atoms with Crippen LogP contribution < -0.4 is 4.72 Å². The fourth-order valence-electron chi connectivity index (χ4n) is 3.93. The van der Waals surface area contributed by atoms with Crippen LogP contribution in [0, 0.1) is 0 Å². The van der Waals surface area contributed by atoms with Gasteiger partial charge in [-0.05, 0) is 56.9 Å². The molecule has 5 rings (SSSR count). The summed E-state index contributed by atoms with van der Waals surface area (Å²) in [5.41, 5.74) is 6.57. The summed E-state index contributed by atoms with van der Waals surface area (Å²) in [6, 6.07) is 23.3. The van der Waals surface area contributed by atoms with Gasteiger partial charge in [-0.2, -0.15) is 0 Å². The van der Waals surface area contributed by atoms with E-state index in [2.05, 4.69) is 72.9 Å². The van der Waals surface area contributed by atoms with E-state index >= 15 is 0 Å².